The lowest BCUT2D eigenvalue weighted by Crippen LogP contribution is -2.40. The number of rotatable bonds is 5. The Morgan fingerprint density at radius 1 is 1.35 bits per heavy atom. The van der Waals surface area contributed by atoms with Crippen molar-refractivity contribution in [1.29, 1.82) is 0 Å². The topological polar surface area (TPSA) is 72.5 Å². The molecule has 0 heterocycles. The smallest absolute Gasteiger partial charge is 0.311 e. The minimum atomic E-state index is -0.877. The van der Waals surface area contributed by atoms with Gasteiger partial charge in [0.2, 0.25) is 0 Å². The maximum Gasteiger partial charge on any atom is 0.311 e. The van der Waals surface area contributed by atoms with Crippen LogP contribution in [0.25, 0.3) is 0 Å². The molecule has 3 N–H and O–H groups in total. The average molecular weight is 237 g/mol. The standard InChI is InChI=1S/C13H19NO3/c1-9(12(15)10(2)14)13(16)17-8-11-6-4-3-5-7-11/h3-7,9-10,12,15H,8,14H2,1-2H3/t9-,10+,12-/m0/s1. The minimum Gasteiger partial charge on any atom is -0.461 e. The molecule has 0 fully saturated rings. The summed E-state index contributed by atoms with van der Waals surface area (Å²) in [6.07, 6.45) is -0.877. The zero-order valence-corrected chi connectivity index (χ0v) is 10.2. The van der Waals surface area contributed by atoms with Gasteiger partial charge in [0.05, 0.1) is 12.0 Å². The lowest BCUT2D eigenvalue weighted by atomic mass is 10.00. The first-order chi connectivity index (χ1) is 8.02. The van der Waals surface area contributed by atoms with Gasteiger partial charge in [-0.15, -0.1) is 0 Å². The molecule has 0 unspecified atom stereocenters. The maximum absolute atomic E-state index is 11.6. The molecular weight excluding hydrogens is 218 g/mol. The van der Waals surface area contributed by atoms with Crippen LogP contribution in [0.15, 0.2) is 30.3 Å². The molecule has 1 aromatic carbocycles. The Kier molecular flexibility index (Phi) is 5.12. The van der Waals surface area contributed by atoms with E-state index in [0.717, 1.165) is 5.56 Å². The fourth-order valence-corrected chi connectivity index (χ4v) is 1.45. The molecule has 0 bridgehead atoms. The van der Waals surface area contributed by atoms with Gasteiger partial charge in [-0.3, -0.25) is 4.79 Å². The Morgan fingerprint density at radius 2 is 1.94 bits per heavy atom. The van der Waals surface area contributed by atoms with Crippen LogP contribution in [-0.2, 0) is 16.1 Å². The Morgan fingerprint density at radius 3 is 2.47 bits per heavy atom. The third kappa shape index (κ3) is 4.17. The third-order valence-electron chi connectivity index (χ3n) is 2.65. The Labute approximate surface area is 101 Å². The maximum atomic E-state index is 11.6. The van der Waals surface area contributed by atoms with E-state index in [1.165, 1.54) is 0 Å². The number of carbonyl (C=O) groups is 1. The molecule has 0 aliphatic carbocycles. The molecule has 1 aromatic rings. The van der Waals surface area contributed by atoms with Crippen molar-refractivity contribution in [1.82, 2.24) is 0 Å². The second-order valence-electron chi connectivity index (χ2n) is 4.23. The molecule has 0 aromatic heterocycles. The number of benzene rings is 1. The van der Waals surface area contributed by atoms with Crippen molar-refractivity contribution < 1.29 is 14.6 Å². The highest BCUT2D eigenvalue weighted by Crippen LogP contribution is 2.10. The summed E-state index contributed by atoms with van der Waals surface area (Å²) >= 11 is 0. The highest BCUT2D eigenvalue weighted by atomic mass is 16.5. The molecular formula is C13H19NO3. The van der Waals surface area contributed by atoms with E-state index in [9.17, 15) is 9.90 Å². The fraction of sp³-hybridized carbons (Fsp3) is 0.462. The van der Waals surface area contributed by atoms with Gasteiger partial charge in [0.25, 0.3) is 0 Å². The second-order valence-corrected chi connectivity index (χ2v) is 4.23. The molecule has 17 heavy (non-hydrogen) atoms. The van der Waals surface area contributed by atoms with E-state index in [4.69, 9.17) is 10.5 Å². The lowest BCUT2D eigenvalue weighted by molar-refractivity contribution is -0.153. The summed E-state index contributed by atoms with van der Waals surface area (Å²) in [6.45, 7) is 3.49. The van der Waals surface area contributed by atoms with Crippen LogP contribution in [-0.4, -0.2) is 23.2 Å². The van der Waals surface area contributed by atoms with Crippen LogP contribution in [0.3, 0.4) is 0 Å². The van der Waals surface area contributed by atoms with Gasteiger partial charge in [-0.25, -0.2) is 0 Å². The van der Waals surface area contributed by atoms with Gasteiger partial charge in [0, 0.05) is 6.04 Å². The normalized spacial score (nSPS) is 16.0. The van der Waals surface area contributed by atoms with Gasteiger partial charge in [-0.05, 0) is 19.4 Å². The van der Waals surface area contributed by atoms with Crippen LogP contribution in [0.5, 0.6) is 0 Å². The van der Waals surface area contributed by atoms with Crippen molar-refractivity contribution in [2.45, 2.75) is 32.6 Å². The number of hydrogen-bond acceptors (Lipinski definition) is 4. The van der Waals surface area contributed by atoms with Crippen molar-refractivity contribution in [2.75, 3.05) is 0 Å². The molecule has 3 atom stereocenters. The molecule has 0 saturated heterocycles. The summed E-state index contributed by atoms with van der Waals surface area (Å²) in [5.74, 6) is -1.04. The number of hydrogen-bond donors (Lipinski definition) is 2. The van der Waals surface area contributed by atoms with Gasteiger partial charge >= 0.3 is 5.97 Å². The molecule has 94 valence electrons. The van der Waals surface area contributed by atoms with Crippen molar-refractivity contribution in [3.8, 4) is 0 Å². The van der Waals surface area contributed by atoms with Gasteiger partial charge < -0.3 is 15.6 Å². The summed E-state index contributed by atoms with van der Waals surface area (Å²) in [7, 11) is 0. The Balaban J connectivity index is 2.45. The number of aliphatic hydroxyl groups is 1. The molecule has 0 aliphatic heterocycles. The first-order valence-electron chi connectivity index (χ1n) is 5.66. The van der Waals surface area contributed by atoms with Crippen molar-refractivity contribution in [2.24, 2.45) is 11.7 Å². The molecule has 4 heteroatoms. The van der Waals surface area contributed by atoms with E-state index in [0.29, 0.717) is 0 Å². The SMILES string of the molecule is C[C@H](C(=O)OCc1ccccc1)[C@H](O)[C@@H](C)N. The van der Waals surface area contributed by atoms with E-state index >= 15 is 0 Å². The molecule has 0 amide bonds. The number of carbonyl (C=O) groups excluding carboxylic acids is 1. The summed E-state index contributed by atoms with van der Waals surface area (Å²) in [4.78, 5) is 11.6. The quantitative estimate of drug-likeness (QED) is 0.751. The zero-order valence-electron chi connectivity index (χ0n) is 10.2. The second kappa shape index (κ2) is 6.37. The summed E-state index contributed by atoms with van der Waals surface area (Å²) in [5.41, 5.74) is 6.44. The largest absolute Gasteiger partial charge is 0.461 e. The zero-order chi connectivity index (χ0) is 12.8. The summed E-state index contributed by atoms with van der Waals surface area (Å²) < 4.78 is 5.11. The summed E-state index contributed by atoms with van der Waals surface area (Å²) in [5, 5.41) is 9.64. The van der Waals surface area contributed by atoms with Crippen molar-refractivity contribution >= 4 is 5.97 Å². The van der Waals surface area contributed by atoms with Crippen LogP contribution in [0.2, 0.25) is 0 Å². The molecule has 1 rings (SSSR count). The van der Waals surface area contributed by atoms with Gasteiger partial charge in [-0.1, -0.05) is 30.3 Å². The highest BCUT2D eigenvalue weighted by Gasteiger charge is 2.26. The van der Waals surface area contributed by atoms with Gasteiger partial charge in [0.1, 0.15) is 6.61 Å². The van der Waals surface area contributed by atoms with Crippen LogP contribution in [0.4, 0.5) is 0 Å². The van der Waals surface area contributed by atoms with E-state index in [-0.39, 0.29) is 6.61 Å². The van der Waals surface area contributed by atoms with E-state index < -0.39 is 24.0 Å². The van der Waals surface area contributed by atoms with E-state index in [1.807, 2.05) is 30.3 Å². The number of ether oxygens (including phenoxy) is 1. The molecule has 0 spiro atoms. The number of aliphatic hydroxyl groups excluding tert-OH is 1. The number of esters is 1. The van der Waals surface area contributed by atoms with Gasteiger partial charge in [0.15, 0.2) is 0 Å². The molecule has 4 nitrogen and oxygen atoms in total. The average Bonchev–Trinajstić information content (AvgIpc) is 2.35. The summed E-state index contributed by atoms with van der Waals surface area (Å²) in [6, 6.07) is 8.95. The predicted molar refractivity (Wildman–Crippen MR) is 65.1 cm³/mol. The monoisotopic (exact) mass is 237 g/mol. The fourth-order valence-electron chi connectivity index (χ4n) is 1.45. The molecule has 0 radical (unpaired) electrons. The molecule has 0 aliphatic rings. The van der Waals surface area contributed by atoms with Crippen LogP contribution >= 0.6 is 0 Å². The first-order valence-corrected chi connectivity index (χ1v) is 5.66. The van der Waals surface area contributed by atoms with Crippen molar-refractivity contribution in [3.63, 3.8) is 0 Å². The first kappa shape index (κ1) is 13.7. The number of nitrogens with two attached hydrogens (primary N) is 1. The lowest BCUT2D eigenvalue weighted by Gasteiger charge is -2.20. The Hall–Kier alpha value is -1.39. The highest BCUT2D eigenvalue weighted by molar-refractivity contribution is 5.72. The van der Waals surface area contributed by atoms with Gasteiger partial charge in [-0.2, -0.15) is 0 Å². The third-order valence-corrected chi connectivity index (χ3v) is 2.65. The predicted octanol–water partition coefficient (Wildman–Crippen LogP) is 1.07. The van der Waals surface area contributed by atoms with Crippen LogP contribution in [0, 0.1) is 5.92 Å². The minimum absolute atomic E-state index is 0.218. The van der Waals surface area contributed by atoms with Crippen molar-refractivity contribution in [3.05, 3.63) is 35.9 Å². The molecule has 0 saturated carbocycles. The van der Waals surface area contributed by atoms with E-state index in [1.54, 1.807) is 13.8 Å². The van der Waals surface area contributed by atoms with E-state index in [2.05, 4.69) is 0 Å². The van der Waals surface area contributed by atoms with Crippen LogP contribution < -0.4 is 5.73 Å². The van der Waals surface area contributed by atoms with Crippen LogP contribution in [0.1, 0.15) is 19.4 Å². The Bertz CT molecular complexity index is 351.